The third-order valence-corrected chi connectivity index (χ3v) is 3.09. The molecule has 1 aliphatic heterocycles. The van der Waals surface area contributed by atoms with Crippen LogP contribution in [0, 0.1) is 17.6 Å². The van der Waals surface area contributed by atoms with Crippen LogP contribution in [-0.4, -0.2) is 43.1 Å². The fourth-order valence-corrected chi connectivity index (χ4v) is 2.36. The van der Waals surface area contributed by atoms with Crippen LogP contribution in [0.5, 0.6) is 0 Å². The highest BCUT2D eigenvalue weighted by Gasteiger charge is 2.29. The summed E-state index contributed by atoms with van der Waals surface area (Å²) >= 11 is 0. The lowest BCUT2D eigenvalue weighted by atomic mass is 10.2. The first-order valence-electron chi connectivity index (χ1n) is 5.92. The van der Waals surface area contributed by atoms with Gasteiger partial charge in [-0.25, -0.2) is 8.78 Å². The SMILES string of the molecule is CN(C)CC1CCCN1c1nc(F)c(F)cc1F. The van der Waals surface area contributed by atoms with Crippen molar-refractivity contribution in [2.75, 3.05) is 32.1 Å². The van der Waals surface area contributed by atoms with Gasteiger partial charge in [0.05, 0.1) is 0 Å². The summed E-state index contributed by atoms with van der Waals surface area (Å²) in [5.74, 6) is -3.39. The quantitative estimate of drug-likeness (QED) is 0.774. The monoisotopic (exact) mass is 259 g/mol. The van der Waals surface area contributed by atoms with Gasteiger partial charge in [0.25, 0.3) is 5.95 Å². The zero-order chi connectivity index (χ0) is 13.3. The Labute approximate surface area is 104 Å². The van der Waals surface area contributed by atoms with E-state index in [1.165, 1.54) is 0 Å². The van der Waals surface area contributed by atoms with Gasteiger partial charge in [0, 0.05) is 25.2 Å². The van der Waals surface area contributed by atoms with Crippen molar-refractivity contribution in [3.05, 3.63) is 23.6 Å². The molecule has 0 amide bonds. The fraction of sp³-hybridized carbons (Fsp3) is 0.583. The smallest absolute Gasteiger partial charge is 0.251 e. The summed E-state index contributed by atoms with van der Waals surface area (Å²) in [7, 11) is 3.84. The third-order valence-electron chi connectivity index (χ3n) is 3.09. The van der Waals surface area contributed by atoms with Crippen molar-refractivity contribution in [3.63, 3.8) is 0 Å². The first kappa shape index (κ1) is 13.1. The summed E-state index contributed by atoms with van der Waals surface area (Å²) in [6.45, 7) is 1.35. The van der Waals surface area contributed by atoms with Crippen LogP contribution < -0.4 is 4.90 Å². The number of aromatic nitrogens is 1. The lowest BCUT2D eigenvalue weighted by Gasteiger charge is -2.28. The Morgan fingerprint density at radius 1 is 1.33 bits per heavy atom. The van der Waals surface area contributed by atoms with E-state index in [-0.39, 0.29) is 11.9 Å². The second kappa shape index (κ2) is 5.14. The number of nitrogens with zero attached hydrogens (tertiary/aromatic N) is 3. The molecule has 0 radical (unpaired) electrons. The van der Waals surface area contributed by atoms with E-state index in [2.05, 4.69) is 4.98 Å². The molecule has 0 aromatic carbocycles. The molecule has 0 aliphatic carbocycles. The van der Waals surface area contributed by atoms with Crippen LogP contribution in [0.25, 0.3) is 0 Å². The molecule has 1 aliphatic rings. The van der Waals surface area contributed by atoms with Crippen LogP contribution in [0.1, 0.15) is 12.8 Å². The number of likely N-dealkylation sites (N-methyl/N-ethyl adjacent to an activating group) is 1. The van der Waals surface area contributed by atoms with Crippen LogP contribution in [0.4, 0.5) is 19.0 Å². The van der Waals surface area contributed by atoms with E-state index in [1.807, 2.05) is 19.0 Å². The van der Waals surface area contributed by atoms with Crippen LogP contribution in [0.3, 0.4) is 0 Å². The van der Waals surface area contributed by atoms with Gasteiger partial charge in [-0.2, -0.15) is 9.37 Å². The molecule has 100 valence electrons. The minimum Gasteiger partial charge on any atom is -0.350 e. The molecular weight excluding hydrogens is 243 g/mol. The van der Waals surface area contributed by atoms with Crippen LogP contribution in [0.2, 0.25) is 0 Å². The van der Waals surface area contributed by atoms with Crippen LogP contribution >= 0.6 is 0 Å². The highest BCUT2D eigenvalue weighted by Crippen LogP contribution is 2.27. The zero-order valence-corrected chi connectivity index (χ0v) is 10.5. The standard InChI is InChI=1S/C12H16F3N3/c1-17(2)7-8-4-3-5-18(8)12-10(14)6-9(13)11(15)16-12/h6,8H,3-5,7H2,1-2H3. The van der Waals surface area contributed by atoms with Crippen molar-refractivity contribution >= 4 is 5.82 Å². The Bertz CT molecular complexity index is 437. The molecule has 1 unspecified atom stereocenters. The maximum absolute atomic E-state index is 13.7. The Hall–Kier alpha value is -1.30. The molecule has 6 heteroatoms. The van der Waals surface area contributed by atoms with E-state index in [0.29, 0.717) is 12.6 Å². The Balaban J connectivity index is 2.27. The van der Waals surface area contributed by atoms with Gasteiger partial charge in [0.1, 0.15) is 0 Å². The van der Waals surface area contributed by atoms with Crippen molar-refractivity contribution in [2.24, 2.45) is 0 Å². The molecule has 0 bridgehead atoms. The Kier molecular flexibility index (Phi) is 3.75. The number of halogens is 3. The Morgan fingerprint density at radius 2 is 2.06 bits per heavy atom. The molecule has 3 nitrogen and oxygen atoms in total. The van der Waals surface area contributed by atoms with Crippen molar-refractivity contribution < 1.29 is 13.2 Å². The van der Waals surface area contributed by atoms with Gasteiger partial charge in [-0.1, -0.05) is 0 Å². The average Bonchev–Trinajstić information content (AvgIpc) is 2.70. The molecule has 1 aromatic rings. The Morgan fingerprint density at radius 3 is 2.72 bits per heavy atom. The van der Waals surface area contributed by atoms with Crippen molar-refractivity contribution in [1.82, 2.24) is 9.88 Å². The summed E-state index contributed by atoms with van der Waals surface area (Å²) in [5.41, 5.74) is 0. The zero-order valence-electron chi connectivity index (χ0n) is 10.5. The molecule has 18 heavy (non-hydrogen) atoms. The van der Waals surface area contributed by atoms with Gasteiger partial charge in [-0.15, -0.1) is 0 Å². The van der Waals surface area contributed by atoms with E-state index >= 15 is 0 Å². The summed E-state index contributed by atoms with van der Waals surface area (Å²) in [6.07, 6.45) is 1.80. The van der Waals surface area contributed by atoms with E-state index in [4.69, 9.17) is 0 Å². The normalized spacial score (nSPS) is 19.9. The van der Waals surface area contributed by atoms with Gasteiger partial charge < -0.3 is 9.80 Å². The van der Waals surface area contributed by atoms with Crippen LogP contribution in [-0.2, 0) is 0 Å². The maximum atomic E-state index is 13.7. The fourth-order valence-electron chi connectivity index (χ4n) is 2.36. The maximum Gasteiger partial charge on any atom is 0.251 e. The highest BCUT2D eigenvalue weighted by molar-refractivity contribution is 5.42. The molecule has 1 saturated heterocycles. The van der Waals surface area contributed by atoms with Crippen molar-refractivity contribution in [2.45, 2.75) is 18.9 Å². The first-order chi connectivity index (χ1) is 8.49. The molecule has 0 saturated carbocycles. The third kappa shape index (κ3) is 2.58. The molecule has 1 aromatic heterocycles. The van der Waals surface area contributed by atoms with E-state index in [0.717, 1.165) is 19.4 Å². The predicted molar refractivity (Wildman–Crippen MR) is 63.0 cm³/mol. The molecule has 0 spiro atoms. The van der Waals surface area contributed by atoms with Gasteiger partial charge in [0.2, 0.25) is 0 Å². The summed E-state index contributed by atoms with van der Waals surface area (Å²) < 4.78 is 39.6. The second-order valence-corrected chi connectivity index (χ2v) is 4.82. The van der Waals surface area contributed by atoms with Gasteiger partial charge in [-0.3, -0.25) is 0 Å². The molecular formula is C12H16F3N3. The highest BCUT2D eigenvalue weighted by atomic mass is 19.2. The van der Waals surface area contributed by atoms with E-state index in [1.54, 1.807) is 4.90 Å². The number of hydrogen-bond acceptors (Lipinski definition) is 3. The first-order valence-corrected chi connectivity index (χ1v) is 5.92. The van der Waals surface area contributed by atoms with Gasteiger partial charge in [-0.05, 0) is 26.9 Å². The van der Waals surface area contributed by atoms with Crippen molar-refractivity contribution in [3.8, 4) is 0 Å². The van der Waals surface area contributed by atoms with Gasteiger partial charge >= 0.3 is 0 Å². The predicted octanol–water partition coefficient (Wildman–Crippen LogP) is 2.03. The topological polar surface area (TPSA) is 19.4 Å². The largest absolute Gasteiger partial charge is 0.350 e. The van der Waals surface area contributed by atoms with E-state index < -0.39 is 17.6 Å². The lowest BCUT2D eigenvalue weighted by molar-refractivity contribution is 0.369. The molecule has 2 heterocycles. The average molecular weight is 259 g/mol. The van der Waals surface area contributed by atoms with Crippen molar-refractivity contribution in [1.29, 1.82) is 0 Å². The summed E-state index contributed by atoms with van der Waals surface area (Å²) in [6, 6.07) is 0.648. The number of anilines is 1. The van der Waals surface area contributed by atoms with Crippen LogP contribution in [0.15, 0.2) is 6.07 Å². The number of hydrogen-bond donors (Lipinski definition) is 0. The minimum atomic E-state index is -1.25. The minimum absolute atomic E-state index is 0.0850. The lowest BCUT2D eigenvalue weighted by Crippen LogP contribution is -2.38. The molecule has 2 rings (SSSR count). The molecule has 1 atom stereocenters. The molecule has 0 N–H and O–H groups in total. The van der Waals surface area contributed by atoms with Gasteiger partial charge in [0.15, 0.2) is 17.5 Å². The summed E-state index contributed by atoms with van der Waals surface area (Å²) in [4.78, 5) is 7.11. The number of rotatable bonds is 3. The summed E-state index contributed by atoms with van der Waals surface area (Å²) in [5, 5.41) is 0. The molecule has 1 fully saturated rings. The van der Waals surface area contributed by atoms with E-state index in [9.17, 15) is 13.2 Å². The second-order valence-electron chi connectivity index (χ2n) is 4.82. The number of pyridine rings is 1.